The van der Waals surface area contributed by atoms with Gasteiger partial charge in [0.05, 0.1) is 24.3 Å². The van der Waals surface area contributed by atoms with Gasteiger partial charge in [-0.15, -0.1) is 0 Å². The van der Waals surface area contributed by atoms with Crippen molar-refractivity contribution < 1.29 is 9.59 Å². The van der Waals surface area contributed by atoms with E-state index in [2.05, 4.69) is 25.1 Å². The number of carbonyl (C=O) groups excluding carboxylic acids is 2. The van der Waals surface area contributed by atoms with Crippen LogP contribution in [0.1, 0.15) is 38.5 Å². The molecule has 2 amide bonds. The molecule has 0 radical (unpaired) electrons. The van der Waals surface area contributed by atoms with Crippen LogP contribution in [0.15, 0.2) is 12.4 Å². The van der Waals surface area contributed by atoms with Gasteiger partial charge in [-0.2, -0.15) is 5.10 Å². The van der Waals surface area contributed by atoms with Gasteiger partial charge in [-0.1, -0.05) is 0 Å². The molecule has 3 saturated heterocycles. The number of rotatable bonds is 5. The predicted octanol–water partition coefficient (Wildman–Crippen LogP) is 1.16. The number of likely N-dealkylation sites (tertiary alicyclic amines) is 3. The van der Waals surface area contributed by atoms with Crippen molar-refractivity contribution in [3.05, 3.63) is 12.4 Å². The minimum absolute atomic E-state index is 0.0192. The lowest BCUT2D eigenvalue weighted by atomic mass is 9.93. The molecule has 3 aliphatic rings. The van der Waals surface area contributed by atoms with Gasteiger partial charge in [-0.25, -0.2) is 0 Å². The van der Waals surface area contributed by atoms with Gasteiger partial charge in [0.15, 0.2) is 0 Å². The first-order valence-corrected chi connectivity index (χ1v) is 11.1. The average molecular weight is 403 g/mol. The van der Waals surface area contributed by atoms with Crippen LogP contribution < -0.4 is 5.32 Å². The van der Waals surface area contributed by atoms with Crippen molar-refractivity contribution >= 4 is 17.5 Å². The Bertz CT molecular complexity index is 706. The Morgan fingerprint density at radius 3 is 2.52 bits per heavy atom. The molecular formula is C21H34N6O2. The van der Waals surface area contributed by atoms with E-state index in [1.807, 2.05) is 7.05 Å². The summed E-state index contributed by atoms with van der Waals surface area (Å²) in [4.78, 5) is 31.9. The summed E-state index contributed by atoms with van der Waals surface area (Å²) in [6.45, 7) is 6.23. The van der Waals surface area contributed by atoms with E-state index in [1.54, 1.807) is 17.1 Å². The van der Waals surface area contributed by atoms with Gasteiger partial charge >= 0.3 is 0 Å². The quantitative estimate of drug-likeness (QED) is 0.800. The third kappa shape index (κ3) is 5.17. The van der Waals surface area contributed by atoms with Crippen LogP contribution in [0.4, 0.5) is 5.69 Å². The second-order valence-electron chi connectivity index (χ2n) is 8.82. The zero-order chi connectivity index (χ0) is 20.2. The molecule has 8 nitrogen and oxygen atoms in total. The standard InChI is InChI=1S/C21H34N6O2/c1-24-15-18(13-22-24)23-20(28)16-25-11-6-19(7-12-25)27-10-4-5-17(14-27)21(29)26-8-2-3-9-26/h13,15,17,19H,2-12,14,16H2,1H3,(H,23,28)/t17-/m0/s1. The lowest BCUT2D eigenvalue weighted by Crippen LogP contribution is -2.51. The summed E-state index contributed by atoms with van der Waals surface area (Å²) >= 11 is 0. The topological polar surface area (TPSA) is 73.7 Å². The van der Waals surface area contributed by atoms with Crippen LogP contribution in [0.3, 0.4) is 0 Å². The molecule has 29 heavy (non-hydrogen) atoms. The monoisotopic (exact) mass is 402 g/mol. The molecule has 3 aliphatic heterocycles. The van der Waals surface area contributed by atoms with Crippen molar-refractivity contribution in [1.82, 2.24) is 24.5 Å². The number of hydrogen-bond donors (Lipinski definition) is 1. The van der Waals surface area contributed by atoms with Crippen LogP contribution in [0, 0.1) is 5.92 Å². The Morgan fingerprint density at radius 2 is 1.83 bits per heavy atom. The average Bonchev–Trinajstić information content (AvgIpc) is 3.40. The molecule has 0 saturated carbocycles. The molecule has 0 unspecified atom stereocenters. The lowest BCUT2D eigenvalue weighted by molar-refractivity contribution is -0.136. The highest BCUT2D eigenvalue weighted by Gasteiger charge is 2.34. The van der Waals surface area contributed by atoms with Crippen LogP contribution in [-0.4, -0.2) is 88.1 Å². The number of amides is 2. The normalized spacial score (nSPS) is 24.7. The van der Waals surface area contributed by atoms with Crippen molar-refractivity contribution in [1.29, 1.82) is 0 Å². The molecular weight excluding hydrogens is 368 g/mol. The fourth-order valence-electron chi connectivity index (χ4n) is 5.07. The summed E-state index contributed by atoms with van der Waals surface area (Å²) in [6.07, 6.45) is 10.1. The van der Waals surface area contributed by atoms with E-state index in [-0.39, 0.29) is 11.8 Å². The zero-order valence-corrected chi connectivity index (χ0v) is 17.6. The number of nitrogens with one attached hydrogen (secondary N) is 1. The molecule has 1 aromatic rings. The molecule has 0 bridgehead atoms. The lowest BCUT2D eigenvalue weighted by Gasteiger charge is -2.42. The highest BCUT2D eigenvalue weighted by molar-refractivity contribution is 5.91. The van der Waals surface area contributed by atoms with Crippen molar-refractivity contribution in [2.24, 2.45) is 13.0 Å². The molecule has 0 aliphatic carbocycles. The molecule has 4 heterocycles. The SMILES string of the molecule is Cn1cc(NC(=O)CN2CCC(N3CCC[C@H](C(=O)N4CCCC4)C3)CC2)cn1. The van der Waals surface area contributed by atoms with Crippen LogP contribution in [-0.2, 0) is 16.6 Å². The largest absolute Gasteiger partial charge is 0.342 e. The fraction of sp³-hybridized carbons (Fsp3) is 0.762. The Morgan fingerprint density at radius 1 is 1.07 bits per heavy atom. The van der Waals surface area contributed by atoms with Gasteiger partial charge in [-0.05, 0) is 45.1 Å². The number of piperidine rings is 2. The third-order valence-electron chi connectivity index (χ3n) is 6.65. The van der Waals surface area contributed by atoms with Gasteiger partial charge in [-0.3, -0.25) is 24.1 Å². The minimum atomic E-state index is 0.0192. The Kier molecular flexibility index (Phi) is 6.50. The van der Waals surface area contributed by atoms with Crippen LogP contribution >= 0.6 is 0 Å². The summed E-state index contributed by atoms with van der Waals surface area (Å²) < 4.78 is 1.68. The van der Waals surface area contributed by atoms with E-state index < -0.39 is 0 Å². The summed E-state index contributed by atoms with van der Waals surface area (Å²) in [5, 5.41) is 6.99. The molecule has 4 rings (SSSR count). The fourth-order valence-corrected chi connectivity index (χ4v) is 5.07. The van der Waals surface area contributed by atoms with Gasteiger partial charge in [0.1, 0.15) is 0 Å². The second kappa shape index (κ2) is 9.26. The van der Waals surface area contributed by atoms with Crippen molar-refractivity contribution in [2.45, 2.75) is 44.6 Å². The van der Waals surface area contributed by atoms with E-state index in [0.29, 0.717) is 18.5 Å². The number of anilines is 1. The van der Waals surface area contributed by atoms with Gasteiger partial charge in [0.25, 0.3) is 0 Å². The van der Waals surface area contributed by atoms with Gasteiger partial charge in [0, 0.05) is 52.0 Å². The van der Waals surface area contributed by atoms with E-state index in [9.17, 15) is 9.59 Å². The van der Waals surface area contributed by atoms with Gasteiger partial charge in [0.2, 0.25) is 11.8 Å². The maximum Gasteiger partial charge on any atom is 0.238 e. The number of aryl methyl sites for hydroxylation is 1. The van der Waals surface area contributed by atoms with Gasteiger partial charge < -0.3 is 10.2 Å². The first kappa shape index (κ1) is 20.3. The Balaban J connectivity index is 1.21. The summed E-state index contributed by atoms with van der Waals surface area (Å²) in [5.74, 6) is 0.590. The highest BCUT2D eigenvalue weighted by Crippen LogP contribution is 2.26. The highest BCUT2D eigenvalue weighted by atomic mass is 16.2. The van der Waals surface area contributed by atoms with Crippen molar-refractivity contribution in [3.63, 3.8) is 0 Å². The second-order valence-corrected chi connectivity index (χ2v) is 8.82. The minimum Gasteiger partial charge on any atom is -0.342 e. The predicted molar refractivity (Wildman–Crippen MR) is 111 cm³/mol. The zero-order valence-electron chi connectivity index (χ0n) is 17.6. The first-order chi connectivity index (χ1) is 14.1. The summed E-state index contributed by atoms with van der Waals surface area (Å²) in [7, 11) is 1.84. The number of carbonyl (C=O) groups is 2. The Hall–Kier alpha value is -1.93. The van der Waals surface area contributed by atoms with Crippen LogP contribution in [0.2, 0.25) is 0 Å². The molecule has 1 N–H and O–H groups in total. The van der Waals surface area contributed by atoms with Crippen molar-refractivity contribution in [3.8, 4) is 0 Å². The molecule has 160 valence electrons. The van der Waals surface area contributed by atoms with E-state index in [1.165, 1.54) is 0 Å². The molecule has 8 heteroatoms. The first-order valence-electron chi connectivity index (χ1n) is 11.1. The van der Waals surface area contributed by atoms with Crippen LogP contribution in [0.5, 0.6) is 0 Å². The molecule has 1 aromatic heterocycles. The number of aromatic nitrogens is 2. The number of nitrogens with zero attached hydrogens (tertiary/aromatic N) is 5. The van der Waals surface area contributed by atoms with E-state index in [4.69, 9.17) is 0 Å². The third-order valence-corrected chi connectivity index (χ3v) is 6.65. The summed E-state index contributed by atoms with van der Waals surface area (Å²) in [5.41, 5.74) is 0.745. The summed E-state index contributed by atoms with van der Waals surface area (Å²) in [6, 6.07) is 0.543. The Labute approximate surface area is 173 Å². The molecule has 0 aromatic carbocycles. The molecule has 0 spiro atoms. The van der Waals surface area contributed by atoms with E-state index >= 15 is 0 Å². The number of hydrogen-bond acceptors (Lipinski definition) is 5. The van der Waals surface area contributed by atoms with E-state index in [0.717, 1.165) is 83.5 Å². The van der Waals surface area contributed by atoms with Crippen molar-refractivity contribution in [2.75, 3.05) is 51.1 Å². The van der Waals surface area contributed by atoms with Crippen LogP contribution in [0.25, 0.3) is 0 Å². The maximum atomic E-state index is 12.8. The molecule has 3 fully saturated rings. The smallest absolute Gasteiger partial charge is 0.238 e. The maximum absolute atomic E-state index is 12.8. The molecule has 1 atom stereocenters.